The predicted molar refractivity (Wildman–Crippen MR) is 104 cm³/mol. The maximum absolute atomic E-state index is 12.1. The lowest BCUT2D eigenvalue weighted by molar-refractivity contribution is -0.118. The van der Waals surface area contributed by atoms with Crippen LogP contribution < -0.4 is 15.4 Å². The molecule has 3 aromatic rings. The number of amides is 2. The summed E-state index contributed by atoms with van der Waals surface area (Å²) >= 11 is 7.54. The van der Waals surface area contributed by atoms with Gasteiger partial charge in [-0.2, -0.15) is 0 Å². The lowest BCUT2D eigenvalue weighted by Crippen LogP contribution is -2.20. The van der Waals surface area contributed by atoms with Gasteiger partial charge in [0.15, 0.2) is 6.61 Å². The topological polar surface area (TPSA) is 67.4 Å². The molecule has 1 aromatic heterocycles. The van der Waals surface area contributed by atoms with E-state index in [2.05, 4.69) is 10.6 Å². The molecule has 7 heteroatoms. The zero-order valence-corrected chi connectivity index (χ0v) is 15.1. The summed E-state index contributed by atoms with van der Waals surface area (Å²) in [5.41, 5.74) is 0.995. The van der Waals surface area contributed by atoms with E-state index >= 15 is 0 Å². The lowest BCUT2D eigenvalue weighted by Gasteiger charge is -2.10. The van der Waals surface area contributed by atoms with Crippen LogP contribution in [0.3, 0.4) is 0 Å². The number of thiophene rings is 1. The molecule has 0 aliphatic heterocycles. The summed E-state index contributed by atoms with van der Waals surface area (Å²) in [5, 5.41) is 7.60. The Morgan fingerprint density at radius 3 is 2.50 bits per heavy atom. The number of nitrogens with one attached hydrogen (secondary N) is 2. The molecule has 0 fully saturated rings. The number of para-hydroxylation sites is 1. The van der Waals surface area contributed by atoms with Crippen LogP contribution in [0.5, 0.6) is 5.75 Å². The highest BCUT2D eigenvalue weighted by molar-refractivity contribution is 7.12. The number of halogens is 1. The van der Waals surface area contributed by atoms with Gasteiger partial charge in [0.25, 0.3) is 11.8 Å². The van der Waals surface area contributed by atoms with E-state index in [1.165, 1.54) is 11.3 Å². The van der Waals surface area contributed by atoms with Gasteiger partial charge in [0.2, 0.25) is 0 Å². The first kappa shape index (κ1) is 18.0. The summed E-state index contributed by atoms with van der Waals surface area (Å²) < 4.78 is 5.39. The van der Waals surface area contributed by atoms with Crippen molar-refractivity contribution in [1.29, 1.82) is 0 Å². The SMILES string of the molecule is O=C(COc1ccccc1)Nc1ccc(NC(=O)c2cccs2)c(Cl)c1. The Morgan fingerprint density at radius 2 is 1.81 bits per heavy atom. The van der Waals surface area contributed by atoms with E-state index in [1.54, 1.807) is 42.5 Å². The number of hydrogen-bond donors (Lipinski definition) is 2. The number of benzene rings is 2. The maximum Gasteiger partial charge on any atom is 0.265 e. The van der Waals surface area contributed by atoms with Crippen LogP contribution in [0.25, 0.3) is 0 Å². The molecule has 2 N–H and O–H groups in total. The average Bonchev–Trinajstić information content (AvgIpc) is 3.18. The van der Waals surface area contributed by atoms with Crippen LogP contribution in [0.2, 0.25) is 5.02 Å². The van der Waals surface area contributed by atoms with Gasteiger partial charge >= 0.3 is 0 Å². The van der Waals surface area contributed by atoms with Crippen LogP contribution in [0.15, 0.2) is 66.0 Å². The molecule has 2 aromatic carbocycles. The molecule has 0 bridgehead atoms. The summed E-state index contributed by atoms with van der Waals surface area (Å²) in [6, 6.07) is 17.5. The standard InChI is InChI=1S/C19H15ClN2O3S/c20-15-11-13(21-18(23)12-25-14-5-2-1-3-6-14)8-9-16(15)22-19(24)17-7-4-10-26-17/h1-11H,12H2,(H,21,23)(H,22,24). The molecule has 0 unspecified atom stereocenters. The Bertz CT molecular complexity index is 898. The molecule has 2 amide bonds. The molecule has 3 rings (SSSR count). The van der Waals surface area contributed by atoms with Gasteiger partial charge < -0.3 is 15.4 Å². The number of hydrogen-bond acceptors (Lipinski definition) is 4. The molecule has 0 atom stereocenters. The van der Waals surface area contributed by atoms with Gasteiger partial charge in [-0.3, -0.25) is 9.59 Å². The van der Waals surface area contributed by atoms with Crippen molar-refractivity contribution in [3.05, 3.63) is 75.9 Å². The second-order valence-electron chi connectivity index (χ2n) is 5.28. The molecular formula is C19H15ClN2O3S. The second-order valence-corrected chi connectivity index (χ2v) is 6.63. The minimum Gasteiger partial charge on any atom is -0.484 e. The monoisotopic (exact) mass is 386 g/mol. The van der Waals surface area contributed by atoms with Gasteiger partial charge in [-0.1, -0.05) is 35.9 Å². The summed E-state index contributed by atoms with van der Waals surface area (Å²) in [6.07, 6.45) is 0. The van der Waals surface area contributed by atoms with Crippen molar-refractivity contribution < 1.29 is 14.3 Å². The quantitative estimate of drug-likeness (QED) is 0.646. The molecule has 0 saturated heterocycles. The fourth-order valence-electron chi connectivity index (χ4n) is 2.15. The Kier molecular flexibility index (Phi) is 5.88. The number of carbonyl (C=O) groups excluding carboxylic acids is 2. The van der Waals surface area contributed by atoms with E-state index in [9.17, 15) is 9.59 Å². The minimum atomic E-state index is -0.305. The van der Waals surface area contributed by atoms with Crippen LogP contribution in [0, 0.1) is 0 Å². The van der Waals surface area contributed by atoms with Crippen LogP contribution in [-0.2, 0) is 4.79 Å². The number of anilines is 2. The molecule has 0 aliphatic rings. The van der Waals surface area contributed by atoms with Gasteiger partial charge in [0.05, 0.1) is 15.6 Å². The summed E-state index contributed by atoms with van der Waals surface area (Å²) in [4.78, 5) is 24.6. The highest BCUT2D eigenvalue weighted by Gasteiger charge is 2.11. The van der Waals surface area contributed by atoms with Gasteiger partial charge in [0, 0.05) is 5.69 Å². The van der Waals surface area contributed by atoms with E-state index < -0.39 is 0 Å². The first-order valence-electron chi connectivity index (χ1n) is 7.74. The van der Waals surface area contributed by atoms with Crippen LogP contribution in [0.1, 0.15) is 9.67 Å². The van der Waals surface area contributed by atoms with E-state index in [0.717, 1.165) is 0 Å². The lowest BCUT2D eigenvalue weighted by atomic mass is 10.2. The van der Waals surface area contributed by atoms with Crippen LogP contribution >= 0.6 is 22.9 Å². The number of ether oxygens (including phenoxy) is 1. The molecule has 26 heavy (non-hydrogen) atoms. The van der Waals surface area contributed by atoms with E-state index in [4.69, 9.17) is 16.3 Å². The normalized spacial score (nSPS) is 10.2. The molecule has 132 valence electrons. The smallest absolute Gasteiger partial charge is 0.265 e. The van der Waals surface area contributed by atoms with Gasteiger partial charge in [-0.25, -0.2) is 0 Å². The Morgan fingerprint density at radius 1 is 1.00 bits per heavy atom. The molecule has 0 radical (unpaired) electrons. The molecule has 5 nitrogen and oxygen atoms in total. The number of rotatable bonds is 6. The fourth-order valence-corrected chi connectivity index (χ4v) is 3.00. The van der Waals surface area contributed by atoms with Crippen molar-refractivity contribution in [3.8, 4) is 5.75 Å². The van der Waals surface area contributed by atoms with Crippen LogP contribution in [-0.4, -0.2) is 18.4 Å². The van der Waals surface area contributed by atoms with E-state index in [1.807, 2.05) is 23.6 Å². The fraction of sp³-hybridized carbons (Fsp3) is 0.0526. The largest absolute Gasteiger partial charge is 0.484 e. The molecule has 0 spiro atoms. The van der Waals surface area contributed by atoms with E-state index in [0.29, 0.717) is 27.0 Å². The van der Waals surface area contributed by atoms with Crippen molar-refractivity contribution in [2.24, 2.45) is 0 Å². The van der Waals surface area contributed by atoms with E-state index in [-0.39, 0.29) is 18.4 Å². The predicted octanol–water partition coefficient (Wildman–Crippen LogP) is 4.67. The highest BCUT2D eigenvalue weighted by atomic mass is 35.5. The summed E-state index contributed by atoms with van der Waals surface area (Å²) in [5.74, 6) is 0.0857. The van der Waals surface area contributed by atoms with Crippen molar-refractivity contribution in [2.75, 3.05) is 17.2 Å². The van der Waals surface area contributed by atoms with Crippen molar-refractivity contribution in [2.45, 2.75) is 0 Å². The first-order valence-corrected chi connectivity index (χ1v) is 9.00. The van der Waals surface area contributed by atoms with Gasteiger partial charge in [0.1, 0.15) is 5.75 Å². The summed E-state index contributed by atoms with van der Waals surface area (Å²) in [6.45, 7) is -0.113. The minimum absolute atomic E-state index is 0.113. The third-order valence-electron chi connectivity index (χ3n) is 3.36. The zero-order valence-electron chi connectivity index (χ0n) is 13.6. The zero-order chi connectivity index (χ0) is 18.4. The average molecular weight is 387 g/mol. The van der Waals surface area contributed by atoms with Gasteiger partial charge in [-0.15, -0.1) is 11.3 Å². The van der Waals surface area contributed by atoms with Crippen molar-refractivity contribution >= 4 is 46.1 Å². The molecule has 0 aliphatic carbocycles. The first-order chi connectivity index (χ1) is 12.6. The van der Waals surface area contributed by atoms with Crippen molar-refractivity contribution in [3.63, 3.8) is 0 Å². The third-order valence-corrected chi connectivity index (χ3v) is 4.54. The Hall–Kier alpha value is -2.83. The second kappa shape index (κ2) is 8.51. The highest BCUT2D eigenvalue weighted by Crippen LogP contribution is 2.26. The maximum atomic E-state index is 12.1. The van der Waals surface area contributed by atoms with Gasteiger partial charge in [-0.05, 0) is 41.8 Å². The summed E-state index contributed by atoms with van der Waals surface area (Å²) in [7, 11) is 0. The molecule has 0 saturated carbocycles. The molecular weight excluding hydrogens is 372 g/mol. The third kappa shape index (κ3) is 4.84. The molecule has 1 heterocycles. The Balaban J connectivity index is 1.57. The van der Waals surface area contributed by atoms with Crippen molar-refractivity contribution in [1.82, 2.24) is 0 Å². The number of carbonyl (C=O) groups is 2. The van der Waals surface area contributed by atoms with Crippen LogP contribution in [0.4, 0.5) is 11.4 Å². The Labute approximate surface area is 159 Å².